The normalized spacial score (nSPS) is 12.0. The molecule has 0 bridgehead atoms. The Labute approximate surface area is 87.7 Å². The minimum absolute atomic E-state index is 0.611. The van der Waals surface area contributed by atoms with E-state index in [-0.39, 0.29) is 0 Å². The summed E-state index contributed by atoms with van der Waals surface area (Å²) in [5, 5.41) is 0. The van der Waals surface area contributed by atoms with Crippen molar-refractivity contribution in [2.75, 3.05) is 19.8 Å². The molecule has 0 atom stereocenters. The summed E-state index contributed by atoms with van der Waals surface area (Å²) in [4.78, 5) is 0. The number of unbranched alkanes of at least 4 members (excludes halogenated alkanes) is 1. The van der Waals surface area contributed by atoms with Gasteiger partial charge in [0.2, 0.25) is 0 Å². The van der Waals surface area contributed by atoms with Crippen molar-refractivity contribution in [3.05, 3.63) is 0 Å². The first-order valence-corrected chi connectivity index (χ1v) is 5.66. The van der Waals surface area contributed by atoms with Crippen molar-refractivity contribution in [1.29, 1.82) is 0 Å². The summed E-state index contributed by atoms with van der Waals surface area (Å²) in [5.41, 5.74) is 0. The van der Waals surface area contributed by atoms with Gasteiger partial charge in [-0.05, 0) is 20.3 Å². The van der Waals surface area contributed by atoms with E-state index in [1.807, 2.05) is 20.8 Å². The van der Waals surface area contributed by atoms with Crippen molar-refractivity contribution in [2.24, 2.45) is 0 Å². The Morgan fingerprint density at radius 2 is 1.43 bits per heavy atom. The molecule has 0 saturated carbocycles. The zero-order valence-corrected chi connectivity index (χ0v) is 9.97. The average Bonchev–Trinajstić information content (AvgIpc) is 2.19. The van der Waals surface area contributed by atoms with Crippen molar-refractivity contribution in [3.63, 3.8) is 0 Å². The molecule has 0 rings (SSSR count). The molecule has 0 aliphatic rings. The fraction of sp³-hybridized carbons (Fsp3) is 1.00. The highest BCUT2D eigenvalue weighted by Crippen LogP contribution is 2.20. The van der Waals surface area contributed by atoms with Crippen LogP contribution in [-0.4, -0.2) is 25.8 Å². The van der Waals surface area contributed by atoms with Crippen LogP contribution in [0, 0.1) is 0 Å². The molecule has 0 amide bonds. The Bertz CT molecular complexity index is 120. The van der Waals surface area contributed by atoms with Crippen LogP contribution >= 0.6 is 0 Å². The summed E-state index contributed by atoms with van der Waals surface area (Å²) < 4.78 is 16.7. The lowest BCUT2D eigenvalue weighted by molar-refractivity contribution is -0.379. The van der Waals surface area contributed by atoms with Crippen LogP contribution in [0.15, 0.2) is 0 Å². The molecule has 0 saturated heterocycles. The largest absolute Gasteiger partial charge is 0.328 e. The second kappa shape index (κ2) is 8.21. The molecule has 3 heteroatoms. The van der Waals surface area contributed by atoms with Gasteiger partial charge in [0, 0.05) is 19.6 Å². The first-order valence-electron chi connectivity index (χ1n) is 5.66. The van der Waals surface area contributed by atoms with Crippen molar-refractivity contribution >= 4 is 0 Å². The minimum Gasteiger partial charge on any atom is -0.328 e. The molecule has 0 aromatic carbocycles. The van der Waals surface area contributed by atoms with Gasteiger partial charge in [0.25, 0.3) is 5.97 Å². The average molecular weight is 204 g/mol. The lowest BCUT2D eigenvalue weighted by atomic mass is 10.3. The fourth-order valence-corrected chi connectivity index (χ4v) is 1.24. The first-order chi connectivity index (χ1) is 6.74. The van der Waals surface area contributed by atoms with Crippen molar-refractivity contribution in [3.8, 4) is 0 Å². The van der Waals surface area contributed by atoms with Gasteiger partial charge in [-0.15, -0.1) is 0 Å². The van der Waals surface area contributed by atoms with E-state index in [0.717, 1.165) is 19.3 Å². The molecule has 3 nitrogen and oxygen atoms in total. The highest BCUT2D eigenvalue weighted by Gasteiger charge is 2.30. The number of hydrogen-bond donors (Lipinski definition) is 0. The molecule has 0 N–H and O–H groups in total. The van der Waals surface area contributed by atoms with E-state index < -0.39 is 5.97 Å². The molecule has 0 aliphatic carbocycles. The van der Waals surface area contributed by atoms with Gasteiger partial charge in [0.1, 0.15) is 0 Å². The SMILES string of the molecule is CCCCOC(CC)(OCC)OCC. The third-order valence-electron chi connectivity index (χ3n) is 1.98. The van der Waals surface area contributed by atoms with E-state index in [0.29, 0.717) is 19.8 Å². The van der Waals surface area contributed by atoms with Crippen molar-refractivity contribution < 1.29 is 14.2 Å². The van der Waals surface area contributed by atoms with Crippen molar-refractivity contribution in [1.82, 2.24) is 0 Å². The smallest absolute Gasteiger partial charge is 0.282 e. The zero-order chi connectivity index (χ0) is 10.9. The van der Waals surface area contributed by atoms with Gasteiger partial charge in [0.15, 0.2) is 0 Å². The molecule has 0 aromatic heterocycles. The summed E-state index contributed by atoms with van der Waals surface area (Å²) in [6.45, 7) is 9.97. The van der Waals surface area contributed by atoms with Crippen LogP contribution in [0.2, 0.25) is 0 Å². The Hall–Kier alpha value is -0.120. The minimum atomic E-state index is -0.807. The molecule has 14 heavy (non-hydrogen) atoms. The Kier molecular flexibility index (Phi) is 8.14. The molecule has 0 spiro atoms. The molecule has 0 aliphatic heterocycles. The van der Waals surface area contributed by atoms with Crippen molar-refractivity contribution in [2.45, 2.75) is 52.9 Å². The fourth-order valence-electron chi connectivity index (χ4n) is 1.24. The van der Waals surface area contributed by atoms with E-state index in [9.17, 15) is 0 Å². The van der Waals surface area contributed by atoms with E-state index in [1.165, 1.54) is 0 Å². The van der Waals surface area contributed by atoms with Crippen LogP contribution in [0.25, 0.3) is 0 Å². The second-order valence-corrected chi connectivity index (χ2v) is 3.10. The molecule has 0 heterocycles. The van der Waals surface area contributed by atoms with Gasteiger partial charge in [-0.3, -0.25) is 0 Å². The van der Waals surface area contributed by atoms with Gasteiger partial charge in [-0.25, -0.2) is 0 Å². The number of rotatable bonds is 9. The van der Waals surface area contributed by atoms with E-state index in [2.05, 4.69) is 6.92 Å². The maximum Gasteiger partial charge on any atom is 0.282 e. The highest BCUT2D eigenvalue weighted by atomic mass is 16.9. The number of ether oxygens (including phenoxy) is 3. The number of hydrogen-bond acceptors (Lipinski definition) is 3. The summed E-state index contributed by atoms with van der Waals surface area (Å²) in [6.07, 6.45) is 2.89. The molecular weight excluding hydrogens is 180 g/mol. The third-order valence-corrected chi connectivity index (χ3v) is 1.98. The van der Waals surface area contributed by atoms with E-state index >= 15 is 0 Å². The monoisotopic (exact) mass is 204 g/mol. The van der Waals surface area contributed by atoms with Crippen LogP contribution in [0.4, 0.5) is 0 Å². The molecule has 0 fully saturated rings. The van der Waals surface area contributed by atoms with Crippen LogP contribution in [0.1, 0.15) is 47.0 Å². The van der Waals surface area contributed by atoms with Crippen LogP contribution in [0.3, 0.4) is 0 Å². The van der Waals surface area contributed by atoms with Crippen LogP contribution in [0.5, 0.6) is 0 Å². The Morgan fingerprint density at radius 1 is 0.857 bits per heavy atom. The van der Waals surface area contributed by atoms with Gasteiger partial charge >= 0.3 is 0 Å². The summed E-state index contributed by atoms with van der Waals surface area (Å²) in [5.74, 6) is -0.807. The highest BCUT2D eigenvalue weighted by molar-refractivity contribution is 4.54. The summed E-state index contributed by atoms with van der Waals surface area (Å²) in [7, 11) is 0. The van der Waals surface area contributed by atoms with Gasteiger partial charge in [-0.1, -0.05) is 20.3 Å². The lowest BCUT2D eigenvalue weighted by Crippen LogP contribution is -2.39. The molecule has 86 valence electrons. The second-order valence-electron chi connectivity index (χ2n) is 3.10. The van der Waals surface area contributed by atoms with Gasteiger partial charge in [-0.2, -0.15) is 0 Å². The predicted molar refractivity (Wildman–Crippen MR) is 57.1 cm³/mol. The maximum absolute atomic E-state index is 5.66. The molecule has 0 aromatic rings. The maximum atomic E-state index is 5.66. The lowest BCUT2D eigenvalue weighted by Gasteiger charge is -2.31. The Balaban J connectivity index is 4.03. The molecule has 0 radical (unpaired) electrons. The van der Waals surface area contributed by atoms with Gasteiger partial charge in [0.05, 0.1) is 6.61 Å². The van der Waals surface area contributed by atoms with E-state index in [1.54, 1.807) is 0 Å². The third kappa shape index (κ3) is 4.94. The summed E-state index contributed by atoms with van der Waals surface area (Å²) in [6, 6.07) is 0. The predicted octanol–water partition coefficient (Wildman–Crippen LogP) is 2.94. The standard InChI is InChI=1S/C11H24O3/c1-5-9-10-14-11(6-2,12-7-3)13-8-4/h5-10H2,1-4H3. The Morgan fingerprint density at radius 3 is 1.79 bits per heavy atom. The first kappa shape index (κ1) is 13.9. The zero-order valence-electron chi connectivity index (χ0n) is 9.97. The van der Waals surface area contributed by atoms with Crippen LogP contribution < -0.4 is 0 Å². The molecular formula is C11H24O3. The van der Waals surface area contributed by atoms with Gasteiger partial charge < -0.3 is 14.2 Å². The topological polar surface area (TPSA) is 27.7 Å². The van der Waals surface area contributed by atoms with Crippen LogP contribution in [-0.2, 0) is 14.2 Å². The quantitative estimate of drug-likeness (QED) is 0.427. The molecule has 0 unspecified atom stereocenters. The summed E-state index contributed by atoms with van der Waals surface area (Å²) >= 11 is 0. The van der Waals surface area contributed by atoms with E-state index in [4.69, 9.17) is 14.2 Å².